The van der Waals surface area contributed by atoms with Gasteiger partial charge in [0.25, 0.3) is 5.91 Å². The molecule has 2 heterocycles. The lowest BCUT2D eigenvalue weighted by atomic mass is 9.95. The third kappa shape index (κ3) is 6.42. The summed E-state index contributed by atoms with van der Waals surface area (Å²) in [5.74, 6) is -0.903. The molecule has 37 heavy (non-hydrogen) atoms. The number of carbonyl (C=O) groups excluding carboxylic acids is 1. The lowest BCUT2D eigenvalue weighted by Crippen LogP contribution is -2.40. The first kappa shape index (κ1) is 33.2. The van der Waals surface area contributed by atoms with Crippen LogP contribution in [0.25, 0.3) is 5.52 Å². The number of fused-ring (bicyclic) bond motifs is 1. The number of halogens is 2. The highest BCUT2D eigenvalue weighted by Crippen LogP contribution is 2.40. The predicted octanol–water partition coefficient (Wildman–Crippen LogP) is 4.33. The molecule has 1 fully saturated rings. The summed E-state index contributed by atoms with van der Waals surface area (Å²) < 4.78 is 23.1. The molecule has 206 valence electrons. The van der Waals surface area contributed by atoms with Crippen LogP contribution < -0.4 is 15.8 Å². The van der Waals surface area contributed by atoms with Crippen LogP contribution in [-0.2, 0) is 0 Å². The van der Waals surface area contributed by atoms with Crippen molar-refractivity contribution < 1.29 is 19.0 Å². The highest BCUT2D eigenvalue weighted by molar-refractivity contribution is 7.59. The van der Waals surface area contributed by atoms with Crippen molar-refractivity contribution in [2.75, 3.05) is 5.73 Å². The minimum Gasteiger partial charge on any atom is -0.490 e. The van der Waals surface area contributed by atoms with E-state index in [1.165, 1.54) is 6.07 Å². The molecular formula is C24H35ClFN5O3S3. The number of aliphatic hydroxyl groups excluding tert-OH is 1. The van der Waals surface area contributed by atoms with E-state index in [2.05, 4.69) is 15.3 Å². The third-order valence-electron chi connectivity index (χ3n) is 6.22. The first-order chi connectivity index (χ1) is 16.1. The predicted molar refractivity (Wildman–Crippen MR) is 159 cm³/mol. The molecule has 3 aromatic rings. The van der Waals surface area contributed by atoms with Gasteiger partial charge in [0.15, 0.2) is 5.82 Å². The Morgan fingerprint density at radius 2 is 1.97 bits per heavy atom. The van der Waals surface area contributed by atoms with Gasteiger partial charge in [-0.05, 0) is 46.1 Å². The number of anilines is 1. The van der Waals surface area contributed by atoms with E-state index in [-0.39, 0.29) is 62.9 Å². The van der Waals surface area contributed by atoms with Crippen molar-refractivity contribution in [1.82, 2.24) is 19.7 Å². The summed E-state index contributed by atoms with van der Waals surface area (Å²) in [7, 11) is 0. The summed E-state index contributed by atoms with van der Waals surface area (Å²) >= 11 is 6.28. The van der Waals surface area contributed by atoms with E-state index in [1.54, 1.807) is 26.2 Å². The number of nitrogens with one attached hydrogen (secondary N) is 1. The number of benzene rings is 1. The molecule has 4 rings (SSSR count). The van der Waals surface area contributed by atoms with Crippen molar-refractivity contribution in [3.63, 3.8) is 0 Å². The highest BCUT2D eigenvalue weighted by atomic mass is 35.5. The zero-order valence-electron chi connectivity index (χ0n) is 21.1. The largest absolute Gasteiger partial charge is 0.490 e. The third-order valence-corrected chi connectivity index (χ3v) is 6.49. The van der Waals surface area contributed by atoms with E-state index in [9.17, 15) is 9.90 Å². The second kappa shape index (κ2) is 13.3. The zero-order valence-corrected chi connectivity index (χ0v) is 24.9. The molecule has 8 nitrogen and oxygen atoms in total. The highest BCUT2D eigenvalue weighted by Gasteiger charge is 2.33. The molecule has 0 aliphatic heterocycles. The van der Waals surface area contributed by atoms with Gasteiger partial charge in [-0.15, -0.1) is 0 Å². The van der Waals surface area contributed by atoms with Gasteiger partial charge in [0.1, 0.15) is 28.5 Å². The Morgan fingerprint density at radius 1 is 1.30 bits per heavy atom. The average Bonchev–Trinajstić information content (AvgIpc) is 3.33. The fraction of sp³-hybridized carbons (Fsp3) is 0.458. The van der Waals surface area contributed by atoms with Crippen molar-refractivity contribution in [2.24, 2.45) is 0 Å². The number of amides is 1. The lowest BCUT2D eigenvalue weighted by molar-refractivity contribution is 0.0863. The number of nitrogen functional groups attached to an aromatic ring is 1. The Kier molecular flexibility index (Phi) is 11.9. The Balaban J connectivity index is 0.00000228. The molecule has 1 saturated carbocycles. The number of aromatic nitrogens is 3. The summed E-state index contributed by atoms with van der Waals surface area (Å²) in [5.41, 5.74) is 7.67. The van der Waals surface area contributed by atoms with Crippen molar-refractivity contribution in [3.8, 4) is 5.75 Å². The standard InChI is InChI=1S/C24H29ClFN5O3.3H2S/c1-11(2)34-21-14(12(3)23-29-13(4)20-22(27)28-8-9-31(20)23)10-15(25)19(26)18(21)24(33)30-16-6-5-7-17(16)32;;;/h8-12,16-17,32H,5-7H2,1-4H3,(H2,27,28)(H,30,33);3*1H2/t12-,16-,17-;;;/m0.../s1. The molecule has 1 amide bonds. The molecule has 0 spiro atoms. The molecule has 13 heteroatoms. The van der Waals surface area contributed by atoms with Crippen LogP contribution in [0, 0.1) is 12.7 Å². The summed E-state index contributed by atoms with van der Waals surface area (Å²) in [5, 5.41) is 12.7. The second-order valence-electron chi connectivity index (χ2n) is 9.02. The molecule has 3 atom stereocenters. The maximum absolute atomic E-state index is 15.3. The SMILES string of the molecule is Cc1nc([C@@H](C)c2cc(Cl)c(F)c(C(=O)N[C@H]3CCC[C@@H]3O)c2OC(C)C)n2ccnc(N)c12.S.S.S. The Bertz CT molecular complexity index is 1260. The van der Waals surface area contributed by atoms with Gasteiger partial charge < -0.3 is 20.9 Å². The molecule has 0 unspecified atom stereocenters. The minimum absolute atomic E-state index is 0. The summed E-state index contributed by atoms with van der Waals surface area (Å²) in [6.45, 7) is 7.30. The Labute approximate surface area is 241 Å². The first-order valence-corrected chi connectivity index (χ1v) is 11.7. The quantitative estimate of drug-likeness (QED) is 0.393. The molecule has 0 bridgehead atoms. The van der Waals surface area contributed by atoms with Crippen molar-refractivity contribution >= 4 is 69.3 Å². The number of nitrogens with two attached hydrogens (primary N) is 1. The number of aliphatic hydroxyl groups is 1. The van der Waals surface area contributed by atoms with Crippen molar-refractivity contribution in [2.45, 2.75) is 71.1 Å². The van der Waals surface area contributed by atoms with Gasteiger partial charge in [0, 0.05) is 23.9 Å². The number of aryl methyl sites for hydroxylation is 1. The van der Waals surface area contributed by atoms with Crippen LogP contribution in [0.1, 0.15) is 73.4 Å². The second-order valence-corrected chi connectivity index (χ2v) is 9.43. The molecule has 2 aromatic heterocycles. The molecule has 1 aliphatic rings. The van der Waals surface area contributed by atoms with Crippen LogP contribution >= 0.6 is 52.1 Å². The lowest BCUT2D eigenvalue weighted by Gasteiger charge is -2.24. The summed E-state index contributed by atoms with van der Waals surface area (Å²) in [6.07, 6.45) is 4.31. The topological polar surface area (TPSA) is 115 Å². The van der Waals surface area contributed by atoms with Crippen LogP contribution in [0.2, 0.25) is 5.02 Å². The normalized spacial score (nSPS) is 17.5. The van der Waals surface area contributed by atoms with E-state index in [0.29, 0.717) is 41.3 Å². The smallest absolute Gasteiger partial charge is 0.258 e. The van der Waals surface area contributed by atoms with Crippen LogP contribution in [-0.4, -0.2) is 43.6 Å². The van der Waals surface area contributed by atoms with Gasteiger partial charge in [0.05, 0.1) is 29.0 Å². The molecule has 0 saturated heterocycles. The summed E-state index contributed by atoms with van der Waals surface area (Å²) in [6, 6.07) is 1.02. The van der Waals surface area contributed by atoms with E-state index < -0.39 is 29.8 Å². The van der Waals surface area contributed by atoms with Gasteiger partial charge in [0.2, 0.25) is 0 Å². The number of rotatable bonds is 6. The fourth-order valence-corrected chi connectivity index (χ4v) is 4.79. The minimum atomic E-state index is -0.865. The monoisotopic (exact) mass is 591 g/mol. The summed E-state index contributed by atoms with van der Waals surface area (Å²) in [4.78, 5) is 22.1. The fourth-order valence-electron chi connectivity index (χ4n) is 4.58. The van der Waals surface area contributed by atoms with Crippen LogP contribution in [0.15, 0.2) is 18.5 Å². The number of carbonyl (C=O) groups is 1. The maximum Gasteiger partial charge on any atom is 0.258 e. The van der Waals surface area contributed by atoms with Crippen LogP contribution in [0.4, 0.5) is 10.2 Å². The maximum atomic E-state index is 15.3. The van der Waals surface area contributed by atoms with E-state index >= 15 is 4.39 Å². The first-order valence-electron chi connectivity index (χ1n) is 11.4. The van der Waals surface area contributed by atoms with Crippen LogP contribution in [0.5, 0.6) is 5.75 Å². The Hall–Kier alpha value is -1.86. The molecule has 4 N–H and O–H groups in total. The number of ether oxygens (including phenoxy) is 1. The average molecular weight is 592 g/mol. The molecular weight excluding hydrogens is 557 g/mol. The van der Waals surface area contributed by atoms with E-state index in [1.807, 2.05) is 18.2 Å². The van der Waals surface area contributed by atoms with Gasteiger partial charge in [-0.1, -0.05) is 18.5 Å². The molecule has 1 aliphatic carbocycles. The molecule has 1 aromatic carbocycles. The van der Waals surface area contributed by atoms with Crippen molar-refractivity contribution in [1.29, 1.82) is 0 Å². The Morgan fingerprint density at radius 3 is 2.57 bits per heavy atom. The zero-order chi connectivity index (χ0) is 24.7. The number of nitrogens with zero attached hydrogens (tertiary/aromatic N) is 3. The van der Waals surface area contributed by atoms with Gasteiger partial charge in [-0.2, -0.15) is 40.5 Å². The van der Waals surface area contributed by atoms with E-state index in [0.717, 1.165) is 6.42 Å². The number of hydrogen-bond donors (Lipinski definition) is 3. The van der Waals surface area contributed by atoms with E-state index in [4.69, 9.17) is 22.1 Å². The van der Waals surface area contributed by atoms with Gasteiger partial charge in [-0.3, -0.25) is 9.20 Å². The number of hydrogen-bond acceptors (Lipinski definition) is 6. The molecule has 0 radical (unpaired) electrons. The van der Waals surface area contributed by atoms with Crippen molar-refractivity contribution in [3.05, 3.63) is 51.9 Å². The number of imidazole rings is 1. The van der Waals surface area contributed by atoms with Gasteiger partial charge >= 0.3 is 0 Å². The van der Waals surface area contributed by atoms with Gasteiger partial charge in [-0.25, -0.2) is 14.4 Å². The van der Waals surface area contributed by atoms with Crippen LogP contribution in [0.3, 0.4) is 0 Å².